The molecule has 3 aromatic heterocycles. The van der Waals surface area contributed by atoms with E-state index in [0.29, 0.717) is 49.2 Å². The van der Waals surface area contributed by atoms with Crippen molar-refractivity contribution in [1.82, 2.24) is 30.0 Å². The second-order valence-corrected chi connectivity index (χ2v) is 10.7. The average molecular weight is 550 g/mol. The SMILES string of the molecule is C[N+](C)(Cc1ccc(-n2cccn2)nc1)C(=O)c1cnc2nc1NCCCCC(N)C(=O)NCCCCCCN2. The molecule has 0 aliphatic carbocycles. The first-order chi connectivity index (χ1) is 19.3. The molecular weight excluding hydrogens is 508 g/mol. The van der Waals surface area contributed by atoms with Crippen molar-refractivity contribution in [2.45, 2.75) is 57.5 Å². The number of pyridine rings is 1. The van der Waals surface area contributed by atoms with Crippen LogP contribution in [-0.2, 0) is 11.3 Å². The number of nitrogens with one attached hydrogen (secondary N) is 3. The Hall–Kier alpha value is -3.90. The van der Waals surface area contributed by atoms with Crippen LogP contribution in [-0.4, -0.2) is 80.8 Å². The summed E-state index contributed by atoms with van der Waals surface area (Å²) in [5.41, 5.74) is 7.43. The molecule has 4 rings (SSSR count). The highest BCUT2D eigenvalue weighted by Gasteiger charge is 2.32. The summed E-state index contributed by atoms with van der Waals surface area (Å²) in [6.45, 7) is 2.43. The fourth-order valence-corrected chi connectivity index (χ4v) is 4.64. The predicted molar refractivity (Wildman–Crippen MR) is 154 cm³/mol. The van der Waals surface area contributed by atoms with Gasteiger partial charge in [0.05, 0.1) is 26.3 Å². The van der Waals surface area contributed by atoms with Crippen LogP contribution in [0.5, 0.6) is 0 Å². The van der Waals surface area contributed by atoms with Crippen molar-refractivity contribution in [3.63, 3.8) is 0 Å². The normalized spacial score (nSPS) is 18.0. The third-order valence-electron chi connectivity index (χ3n) is 6.95. The Kier molecular flexibility index (Phi) is 10.1. The van der Waals surface area contributed by atoms with Crippen molar-refractivity contribution in [2.75, 3.05) is 44.4 Å². The molecule has 0 aromatic carbocycles. The van der Waals surface area contributed by atoms with Crippen molar-refractivity contribution in [3.05, 3.63) is 54.1 Å². The number of rotatable bonds is 4. The van der Waals surface area contributed by atoms with Gasteiger partial charge in [-0.15, -0.1) is 0 Å². The second-order valence-electron chi connectivity index (χ2n) is 10.7. The molecule has 40 heavy (non-hydrogen) atoms. The summed E-state index contributed by atoms with van der Waals surface area (Å²) in [6.07, 6.45) is 13.0. The third kappa shape index (κ3) is 8.06. The third-order valence-corrected chi connectivity index (χ3v) is 6.95. The van der Waals surface area contributed by atoms with E-state index in [2.05, 4.69) is 36.0 Å². The van der Waals surface area contributed by atoms with Crippen molar-refractivity contribution < 1.29 is 14.1 Å². The van der Waals surface area contributed by atoms with Gasteiger partial charge in [0.2, 0.25) is 11.9 Å². The molecule has 1 aliphatic heterocycles. The molecule has 0 fully saturated rings. The lowest BCUT2D eigenvalue weighted by Gasteiger charge is -2.27. The summed E-state index contributed by atoms with van der Waals surface area (Å²) in [6, 6.07) is 5.19. The second kappa shape index (κ2) is 13.9. The fourth-order valence-electron chi connectivity index (χ4n) is 4.64. The van der Waals surface area contributed by atoms with Crippen LogP contribution >= 0.6 is 0 Å². The predicted octanol–water partition coefficient (Wildman–Crippen LogP) is 2.49. The van der Waals surface area contributed by atoms with E-state index in [1.807, 2.05) is 38.5 Å². The summed E-state index contributed by atoms with van der Waals surface area (Å²) in [7, 11) is 3.74. The summed E-state index contributed by atoms with van der Waals surface area (Å²) in [5, 5.41) is 13.8. The minimum atomic E-state index is -0.507. The van der Waals surface area contributed by atoms with Gasteiger partial charge in [-0.2, -0.15) is 10.1 Å². The Labute approximate surface area is 235 Å². The lowest BCUT2D eigenvalue weighted by Crippen LogP contribution is -2.45. The summed E-state index contributed by atoms with van der Waals surface area (Å²) >= 11 is 0. The van der Waals surface area contributed by atoms with E-state index in [1.54, 1.807) is 23.3 Å². The van der Waals surface area contributed by atoms with Gasteiger partial charge in [-0.1, -0.05) is 12.8 Å². The Morgan fingerprint density at radius 1 is 1.00 bits per heavy atom. The summed E-state index contributed by atoms with van der Waals surface area (Å²) in [5.74, 6) is 1.52. The number of fused-ring (bicyclic) bond motifs is 2. The molecule has 0 spiro atoms. The van der Waals surface area contributed by atoms with Crippen LogP contribution in [0.3, 0.4) is 0 Å². The number of nitrogens with zero attached hydrogens (tertiary/aromatic N) is 6. The molecule has 2 bridgehead atoms. The highest BCUT2D eigenvalue weighted by atomic mass is 16.2. The van der Waals surface area contributed by atoms with Gasteiger partial charge in [-0.3, -0.25) is 9.28 Å². The Morgan fingerprint density at radius 2 is 1.75 bits per heavy atom. The Morgan fingerprint density at radius 3 is 2.48 bits per heavy atom. The Balaban J connectivity index is 1.46. The van der Waals surface area contributed by atoms with E-state index in [0.717, 1.165) is 50.6 Å². The van der Waals surface area contributed by atoms with Crippen LogP contribution in [0.1, 0.15) is 60.9 Å². The summed E-state index contributed by atoms with van der Waals surface area (Å²) < 4.78 is 1.76. The van der Waals surface area contributed by atoms with Gasteiger partial charge < -0.3 is 21.7 Å². The maximum Gasteiger partial charge on any atom is 0.351 e. The number of carbonyl (C=O) groups excluding carboxylic acids is 2. The van der Waals surface area contributed by atoms with E-state index < -0.39 is 6.04 Å². The van der Waals surface area contributed by atoms with Crippen LogP contribution in [0.25, 0.3) is 5.82 Å². The highest BCUT2D eigenvalue weighted by molar-refractivity contribution is 5.94. The number of aromatic nitrogens is 5. The molecule has 1 unspecified atom stereocenters. The zero-order valence-electron chi connectivity index (χ0n) is 23.5. The number of nitrogens with two attached hydrogens (primary N) is 1. The molecule has 12 heteroatoms. The minimum absolute atomic E-state index is 0.0670. The smallest absolute Gasteiger partial charge is 0.351 e. The lowest BCUT2D eigenvalue weighted by atomic mass is 10.1. The molecule has 12 nitrogen and oxygen atoms in total. The van der Waals surface area contributed by atoms with Crippen LogP contribution < -0.4 is 21.7 Å². The molecular formula is C28H41N10O2+. The first-order valence-electron chi connectivity index (χ1n) is 14.0. The monoisotopic (exact) mass is 549 g/mol. The molecule has 2 amide bonds. The first-order valence-corrected chi connectivity index (χ1v) is 14.0. The van der Waals surface area contributed by atoms with Crippen molar-refractivity contribution in [3.8, 4) is 5.82 Å². The molecule has 1 atom stereocenters. The Bertz CT molecular complexity index is 1240. The number of hydrogen-bond acceptors (Lipinski definition) is 9. The number of anilines is 2. The number of amides is 2. The van der Waals surface area contributed by atoms with E-state index in [9.17, 15) is 9.59 Å². The zero-order chi connectivity index (χ0) is 28.4. The van der Waals surface area contributed by atoms with E-state index in [4.69, 9.17) is 5.73 Å². The average Bonchev–Trinajstić information content (AvgIpc) is 3.49. The number of hydrogen-bond donors (Lipinski definition) is 4. The van der Waals surface area contributed by atoms with Crippen LogP contribution in [0, 0.1) is 0 Å². The van der Waals surface area contributed by atoms with Gasteiger partial charge in [-0.05, 0) is 50.3 Å². The van der Waals surface area contributed by atoms with E-state index >= 15 is 0 Å². The molecule has 214 valence electrons. The van der Waals surface area contributed by atoms with Gasteiger partial charge >= 0.3 is 5.91 Å². The zero-order valence-corrected chi connectivity index (χ0v) is 23.5. The molecule has 0 saturated heterocycles. The molecule has 0 radical (unpaired) electrons. The van der Waals surface area contributed by atoms with Crippen molar-refractivity contribution in [1.29, 1.82) is 0 Å². The van der Waals surface area contributed by atoms with Crippen molar-refractivity contribution in [2.24, 2.45) is 5.73 Å². The van der Waals surface area contributed by atoms with E-state index in [1.165, 1.54) is 0 Å². The molecule has 0 saturated carbocycles. The maximum absolute atomic E-state index is 13.8. The standard InChI is InChI=1S/C28H40N10O2/c1-38(2,20-21-11-12-24(33-18-21)37-17-9-16-35-37)27(40)22-19-34-28-32-15-7-4-3-6-14-31-26(39)23(29)10-5-8-13-30-25(22)36-28/h9,11-12,16-19,23H,3-8,10,13-15,20,29H2,1-2H3,(H2-,30,31,32,34,36,39,40)/p+1. The van der Waals surface area contributed by atoms with Crippen LogP contribution in [0.4, 0.5) is 11.8 Å². The molecule has 3 aromatic rings. The number of carbonyl (C=O) groups is 2. The maximum atomic E-state index is 13.8. The van der Waals surface area contributed by atoms with Crippen LogP contribution in [0.2, 0.25) is 0 Å². The van der Waals surface area contributed by atoms with Gasteiger partial charge in [0, 0.05) is 43.8 Å². The topological polar surface area (TPSA) is 153 Å². The lowest BCUT2D eigenvalue weighted by molar-refractivity contribution is -0.821. The molecule has 4 heterocycles. The fraction of sp³-hybridized carbons (Fsp3) is 0.500. The largest absolute Gasteiger partial charge is 0.369 e. The van der Waals surface area contributed by atoms with Gasteiger partial charge in [0.1, 0.15) is 17.9 Å². The quantitative estimate of drug-likeness (QED) is 0.360. The van der Waals surface area contributed by atoms with Gasteiger partial charge in [0.25, 0.3) is 0 Å². The van der Waals surface area contributed by atoms with E-state index in [-0.39, 0.29) is 16.3 Å². The highest BCUT2D eigenvalue weighted by Crippen LogP contribution is 2.21. The van der Waals surface area contributed by atoms with Gasteiger partial charge in [-0.25, -0.2) is 19.4 Å². The summed E-state index contributed by atoms with van der Waals surface area (Å²) in [4.78, 5) is 39.6. The van der Waals surface area contributed by atoms with Gasteiger partial charge in [0.15, 0.2) is 5.82 Å². The van der Waals surface area contributed by atoms with Crippen molar-refractivity contribution >= 4 is 23.6 Å². The minimum Gasteiger partial charge on any atom is -0.369 e. The molecule has 1 aliphatic rings. The van der Waals surface area contributed by atoms with Crippen LogP contribution in [0.15, 0.2) is 43.0 Å². The molecule has 5 N–H and O–H groups in total. The number of quaternary nitrogens is 1. The first kappa shape index (κ1) is 29.1.